The normalized spacial score (nSPS) is 13.5. The van der Waals surface area contributed by atoms with E-state index in [9.17, 15) is 0 Å². The van der Waals surface area contributed by atoms with Gasteiger partial charge in [-0.15, -0.1) is 0 Å². The van der Waals surface area contributed by atoms with Gasteiger partial charge in [0.05, 0.1) is 5.52 Å². The number of nitrogens with zero attached hydrogens (tertiary/aromatic N) is 1. The summed E-state index contributed by atoms with van der Waals surface area (Å²) in [4.78, 5) is 4.79. The highest BCUT2D eigenvalue weighted by atomic mass is 16.6. The summed E-state index contributed by atoms with van der Waals surface area (Å²) in [6.45, 7) is 8.62. The van der Waals surface area contributed by atoms with Crippen LogP contribution in [0.1, 0.15) is 31.5 Å². The minimum Gasteiger partial charge on any atom is -0.486 e. The highest BCUT2D eigenvalue weighted by Crippen LogP contribution is 2.38. The summed E-state index contributed by atoms with van der Waals surface area (Å²) in [6, 6.07) is 4.06. The van der Waals surface area contributed by atoms with E-state index >= 15 is 0 Å². The van der Waals surface area contributed by atoms with Gasteiger partial charge in [-0.3, -0.25) is 4.98 Å². The zero-order chi connectivity index (χ0) is 14.8. The predicted molar refractivity (Wildman–Crippen MR) is 85.6 cm³/mol. The average Bonchev–Trinajstić information content (AvgIpc) is 2.52. The number of rotatable bonds is 4. The summed E-state index contributed by atoms with van der Waals surface area (Å²) in [5.41, 5.74) is 4.52. The molecular formula is C17H22N2O2. The molecule has 0 radical (unpaired) electrons. The molecule has 1 aliphatic rings. The van der Waals surface area contributed by atoms with Crippen molar-refractivity contribution in [3.05, 3.63) is 23.4 Å². The number of aryl methyl sites for hydroxylation is 1. The molecule has 0 unspecified atom stereocenters. The minimum absolute atomic E-state index is 0.603. The van der Waals surface area contributed by atoms with Crippen LogP contribution >= 0.6 is 0 Å². The van der Waals surface area contributed by atoms with E-state index in [1.165, 1.54) is 11.3 Å². The van der Waals surface area contributed by atoms with Crippen molar-refractivity contribution in [1.29, 1.82) is 0 Å². The van der Waals surface area contributed by atoms with Crippen LogP contribution in [0.25, 0.3) is 10.9 Å². The fourth-order valence-corrected chi connectivity index (χ4v) is 2.77. The smallest absolute Gasteiger partial charge is 0.163 e. The predicted octanol–water partition coefficient (Wildman–Crippen LogP) is 3.70. The molecule has 1 N–H and O–H groups in total. The lowest BCUT2D eigenvalue weighted by molar-refractivity contribution is 0.172. The first-order valence-corrected chi connectivity index (χ1v) is 7.71. The number of fused-ring (bicyclic) bond motifs is 2. The highest BCUT2D eigenvalue weighted by Gasteiger charge is 2.17. The molecule has 1 aliphatic heterocycles. The maximum absolute atomic E-state index is 5.71. The lowest BCUT2D eigenvalue weighted by atomic mass is 10.0. The number of benzene rings is 1. The Balaban J connectivity index is 2.21. The quantitative estimate of drug-likeness (QED) is 0.930. The van der Waals surface area contributed by atoms with Gasteiger partial charge in [-0.05, 0) is 31.4 Å². The van der Waals surface area contributed by atoms with Crippen molar-refractivity contribution in [3.63, 3.8) is 0 Å². The third kappa shape index (κ3) is 2.50. The Morgan fingerprint density at radius 3 is 2.52 bits per heavy atom. The van der Waals surface area contributed by atoms with E-state index in [4.69, 9.17) is 14.5 Å². The molecule has 3 rings (SSSR count). The number of hydrogen-bond donors (Lipinski definition) is 1. The van der Waals surface area contributed by atoms with Crippen LogP contribution in [-0.2, 0) is 6.42 Å². The highest BCUT2D eigenvalue weighted by molar-refractivity contribution is 5.95. The molecule has 4 nitrogen and oxygen atoms in total. The lowest BCUT2D eigenvalue weighted by Crippen LogP contribution is -2.15. The van der Waals surface area contributed by atoms with Crippen molar-refractivity contribution in [3.8, 4) is 11.5 Å². The van der Waals surface area contributed by atoms with Crippen molar-refractivity contribution >= 4 is 16.6 Å². The van der Waals surface area contributed by atoms with E-state index in [1.54, 1.807) is 0 Å². The molecule has 0 bridgehead atoms. The molecule has 2 heterocycles. The lowest BCUT2D eigenvalue weighted by Gasteiger charge is -2.21. The third-order valence-electron chi connectivity index (χ3n) is 3.88. The summed E-state index contributed by atoms with van der Waals surface area (Å²) in [6.07, 6.45) is 2.02. The molecular weight excluding hydrogens is 264 g/mol. The van der Waals surface area contributed by atoms with Crippen LogP contribution in [0, 0.1) is 6.92 Å². The van der Waals surface area contributed by atoms with Crippen LogP contribution in [0.2, 0.25) is 0 Å². The molecule has 1 aromatic carbocycles. The van der Waals surface area contributed by atoms with Gasteiger partial charge in [-0.1, -0.05) is 13.8 Å². The average molecular weight is 286 g/mol. The van der Waals surface area contributed by atoms with Gasteiger partial charge in [0.15, 0.2) is 11.5 Å². The number of hydrogen-bond acceptors (Lipinski definition) is 4. The Labute approximate surface area is 125 Å². The van der Waals surface area contributed by atoms with Gasteiger partial charge in [0.2, 0.25) is 0 Å². The molecule has 0 atom stereocenters. The SMILES string of the molecule is CCCNc1c(C)c(CC)nc2cc3c(cc12)OCCO3. The van der Waals surface area contributed by atoms with Gasteiger partial charge in [-0.25, -0.2) is 0 Å². The fourth-order valence-electron chi connectivity index (χ4n) is 2.77. The number of aromatic nitrogens is 1. The molecule has 0 saturated carbocycles. The molecule has 2 aromatic rings. The number of nitrogens with one attached hydrogen (secondary N) is 1. The Kier molecular flexibility index (Phi) is 3.86. The second-order valence-electron chi connectivity index (χ2n) is 5.35. The van der Waals surface area contributed by atoms with E-state index in [0.717, 1.165) is 47.5 Å². The fraction of sp³-hybridized carbons (Fsp3) is 0.471. The van der Waals surface area contributed by atoms with E-state index < -0.39 is 0 Å². The Morgan fingerprint density at radius 2 is 1.86 bits per heavy atom. The van der Waals surface area contributed by atoms with Gasteiger partial charge in [0.1, 0.15) is 13.2 Å². The van der Waals surface area contributed by atoms with Crippen LogP contribution in [0.3, 0.4) is 0 Å². The maximum Gasteiger partial charge on any atom is 0.163 e. The summed E-state index contributed by atoms with van der Waals surface area (Å²) in [5.74, 6) is 1.62. The number of ether oxygens (including phenoxy) is 2. The molecule has 112 valence electrons. The van der Waals surface area contributed by atoms with Crippen LogP contribution < -0.4 is 14.8 Å². The molecule has 0 fully saturated rings. The first-order chi connectivity index (χ1) is 10.2. The molecule has 0 spiro atoms. The second-order valence-corrected chi connectivity index (χ2v) is 5.35. The van der Waals surface area contributed by atoms with Crippen LogP contribution in [-0.4, -0.2) is 24.7 Å². The van der Waals surface area contributed by atoms with E-state index in [2.05, 4.69) is 32.2 Å². The van der Waals surface area contributed by atoms with Crippen molar-refractivity contribution < 1.29 is 9.47 Å². The Hall–Kier alpha value is -1.97. The first-order valence-electron chi connectivity index (χ1n) is 7.71. The van der Waals surface area contributed by atoms with Crippen molar-refractivity contribution in [2.45, 2.75) is 33.6 Å². The molecule has 0 saturated heterocycles. The van der Waals surface area contributed by atoms with Gasteiger partial charge < -0.3 is 14.8 Å². The topological polar surface area (TPSA) is 43.4 Å². The van der Waals surface area contributed by atoms with Gasteiger partial charge >= 0.3 is 0 Å². The van der Waals surface area contributed by atoms with Crippen LogP contribution in [0.4, 0.5) is 5.69 Å². The largest absolute Gasteiger partial charge is 0.486 e. The zero-order valence-corrected chi connectivity index (χ0v) is 13.0. The first kappa shape index (κ1) is 14.0. The molecule has 21 heavy (non-hydrogen) atoms. The van der Waals surface area contributed by atoms with Crippen molar-refractivity contribution in [1.82, 2.24) is 4.98 Å². The van der Waals surface area contributed by atoms with Crippen molar-refractivity contribution in [2.75, 3.05) is 25.1 Å². The molecule has 4 heteroatoms. The Bertz CT molecular complexity index is 668. The van der Waals surface area contributed by atoms with E-state index in [0.29, 0.717) is 13.2 Å². The summed E-state index contributed by atoms with van der Waals surface area (Å²) in [5, 5.41) is 4.66. The summed E-state index contributed by atoms with van der Waals surface area (Å²) >= 11 is 0. The number of anilines is 1. The minimum atomic E-state index is 0.603. The molecule has 1 aromatic heterocycles. The van der Waals surface area contributed by atoms with Gasteiger partial charge in [-0.2, -0.15) is 0 Å². The summed E-state index contributed by atoms with van der Waals surface area (Å²) < 4.78 is 11.4. The van der Waals surface area contributed by atoms with E-state index in [-0.39, 0.29) is 0 Å². The molecule has 0 amide bonds. The monoisotopic (exact) mass is 286 g/mol. The van der Waals surface area contributed by atoms with E-state index in [1.807, 2.05) is 6.07 Å². The second kappa shape index (κ2) is 5.80. The summed E-state index contributed by atoms with van der Waals surface area (Å²) in [7, 11) is 0. The Morgan fingerprint density at radius 1 is 1.14 bits per heavy atom. The number of pyridine rings is 1. The zero-order valence-electron chi connectivity index (χ0n) is 13.0. The van der Waals surface area contributed by atoms with Crippen LogP contribution in [0.5, 0.6) is 11.5 Å². The van der Waals surface area contributed by atoms with Gasteiger partial charge in [0.25, 0.3) is 0 Å². The van der Waals surface area contributed by atoms with Crippen LogP contribution in [0.15, 0.2) is 12.1 Å². The molecule has 0 aliphatic carbocycles. The van der Waals surface area contributed by atoms with Crippen molar-refractivity contribution in [2.24, 2.45) is 0 Å². The van der Waals surface area contributed by atoms with Gasteiger partial charge in [0, 0.05) is 29.4 Å². The maximum atomic E-state index is 5.71. The third-order valence-corrected chi connectivity index (χ3v) is 3.88. The standard InChI is InChI=1S/C17H22N2O2/c1-4-6-18-17-11(3)13(5-2)19-14-10-16-15(9-12(14)17)20-7-8-21-16/h9-10H,4-8H2,1-3H3,(H,18,19).